The van der Waals surface area contributed by atoms with E-state index in [0.717, 1.165) is 0 Å². The molecule has 2 amide bonds. The molecule has 7 heteroatoms. The van der Waals surface area contributed by atoms with Gasteiger partial charge in [-0.3, -0.25) is 14.4 Å². The zero-order chi connectivity index (χ0) is 12.7. The molecule has 0 aliphatic carbocycles. The van der Waals surface area contributed by atoms with Crippen LogP contribution in [0.2, 0.25) is 0 Å². The molecule has 0 saturated carbocycles. The summed E-state index contributed by atoms with van der Waals surface area (Å²) in [5.41, 5.74) is 0. The molecule has 7 nitrogen and oxygen atoms in total. The molecule has 1 aromatic rings. The highest BCUT2D eigenvalue weighted by Gasteiger charge is 2.09. The van der Waals surface area contributed by atoms with Crippen molar-refractivity contribution in [3.63, 3.8) is 0 Å². The van der Waals surface area contributed by atoms with Crippen LogP contribution in [0.15, 0.2) is 22.8 Å². The second kappa shape index (κ2) is 6.31. The summed E-state index contributed by atoms with van der Waals surface area (Å²) in [4.78, 5) is 32.6. The van der Waals surface area contributed by atoms with Crippen LogP contribution in [0.25, 0.3) is 0 Å². The van der Waals surface area contributed by atoms with Gasteiger partial charge in [-0.25, -0.2) is 0 Å². The van der Waals surface area contributed by atoms with Gasteiger partial charge in [0.05, 0.1) is 19.2 Å². The minimum atomic E-state index is -0.995. The van der Waals surface area contributed by atoms with E-state index in [2.05, 4.69) is 10.6 Å². The number of furan rings is 1. The van der Waals surface area contributed by atoms with E-state index in [1.165, 1.54) is 12.3 Å². The molecule has 1 aromatic heterocycles. The Hall–Kier alpha value is -2.31. The van der Waals surface area contributed by atoms with Crippen molar-refractivity contribution >= 4 is 17.8 Å². The number of nitrogens with one attached hydrogen (secondary N) is 2. The quantitative estimate of drug-likeness (QED) is 0.627. The lowest BCUT2D eigenvalue weighted by molar-refractivity contribution is -0.136. The molecule has 0 saturated heterocycles. The number of carbonyl (C=O) groups excluding carboxylic acids is 2. The van der Waals surface area contributed by atoms with Gasteiger partial charge in [0.15, 0.2) is 5.76 Å². The highest BCUT2D eigenvalue weighted by atomic mass is 16.4. The number of carboxylic acid groups (broad SMARTS) is 1. The number of hydrogen-bond donors (Lipinski definition) is 3. The van der Waals surface area contributed by atoms with Gasteiger partial charge in [0.2, 0.25) is 5.91 Å². The first-order valence-electron chi connectivity index (χ1n) is 4.90. The van der Waals surface area contributed by atoms with Gasteiger partial charge in [0.25, 0.3) is 5.91 Å². The number of rotatable bonds is 6. The maximum atomic E-state index is 11.3. The van der Waals surface area contributed by atoms with Crippen molar-refractivity contribution in [3.05, 3.63) is 24.2 Å². The van der Waals surface area contributed by atoms with E-state index < -0.39 is 17.8 Å². The largest absolute Gasteiger partial charge is 0.481 e. The third kappa shape index (κ3) is 4.83. The van der Waals surface area contributed by atoms with Crippen LogP contribution in [0, 0.1) is 0 Å². The van der Waals surface area contributed by atoms with Crippen molar-refractivity contribution in [2.24, 2.45) is 0 Å². The fourth-order valence-corrected chi connectivity index (χ4v) is 1.03. The smallest absolute Gasteiger partial charge is 0.305 e. The van der Waals surface area contributed by atoms with E-state index in [1.807, 2.05) is 0 Å². The van der Waals surface area contributed by atoms with E-state index >= 15 is 0 Å². The highest BCUT2D eigenvalue weighted by molar-refractivity contribution is 5.94. The Kier molecular flexibility index (Phi) is 4.74. The van der Waals surface area contributed by atoms with E-state index in [1.54, 1.807) is 6.07 Å². The van der Waals surface area contributed by atoms with Gasteiger partial charge < -0.3 is 20.2 Å². The third-order valence-corrected chi connectivity index (χ3v) is 1.82. The van der Waals surface area contributed by atoms with Crippen molar-refractivity contribution in [2.45, 2.75) is 6.42 Å². The summed E-state index contributed by atoms with van der Waals surface area (Å²) < 4.78 is 4.82. The Morgan fingerprint density at radius 2 is 2.06 bits per heavy atom. The molecule has 0 fully saturated rings. The summed E-state index contributed by atoms with van der Waals surface area (Å²) in [6.45, 7) is -0.191. The van der Waals surface area contributed by atoms with Crippen LogP contribution in [-0.4, -0.2) is 36.0 Å². The predicted octanol–water partition coefficient (Wildman–Crippen LogP) is -0.400. The van der Waals surface area contributed by atoms with Gasteiger partial charge in [0.1, 0.15) is 0 Å². The van der Waals surface area contributed by atoms with Crippen molar-refractivity contribution in [2.75, 3.05) is 13.1 Å². The Morgan fingerprint density at radius 3 is 2.65 bits per heavy atom. The molecule has 0 unspecified atom stereocenters. The van der Waals surface area contributed by atoms with E-state index in [0.29, 0.717) is 0 Å². The number of hydrogen-bond acceptors (Lipinski definition) is 4. The summed E-state index contributed by atoms with van der Waals surface area (Å²) in [5, 5.41) is 13.0. The zero-order valence-corrected chi connectivity index (χ0v) is 8.93. The van der Waals surface area contributed by atoms with Gasteiger partial charge in [-0.1, -0.05) is 0 Å². The summed E-state index contributed by atoms with van der Waals surface area (Å²) in [7, 11) is 0. The normalized spacial score (nSPS) is 9.65. The van der Waals surface area contributed by atoms with Crippen molar-refractivity contribution in [1.82, 2.24) is 10.6 Å². The minimum Gasteiger partial charge on any atom is -0.481 e. The zero-order valence-electron chi connectivity index (χ0n) is 8.93. The molecular formula is C10H12N2O5. The maximum absolute atomic E-state index is 11.3. The standard InChI is InChI=1S/C10H12N2O5/c13-8(11-4-3-9(14)15)6-12-10(16)7-2-1-5-17-7/h1-2,5H,3-4,6H2,(H,11,13)(H,12,16)(H,14,15). The van der Waals surface area contributed by atoms with Crippen LogP contribution in [0.1, 0.15) is 17.0 Å². The van der Waals surface area contributed by atoms with E-state index in [9.17, 15) is 14.4 Å². The first-order valence-corrected chi connectivity index (χ1v) is 4.90. The van der Waals surface area contributed by atoms with Crippen molar-refractivity contribution in [1.29, 1.82) is 0 Å². The Labute approximate surface area is 96.8 Å². The van der Waals surface area contributed by atoms with Gasteiger partial charge in [-0.15, -0.1) is 0 Å². The molecule has 1 heterocycles. The Balaban J connectivity index is 2.20. The molecule has 0 bridgehead atoms. The molecule has 0 radical (unpaired) electrons. The van der Waals surface area contributed by atoms with Gasteiger partial charge >= 0.3 is 5.97 Å². The van der Waals surface area contributed by atoms with Gasteiger partial charge in [0, 0.05) is 6.54 Å². The Morgan fingerprint density at radius 1 is 1.29 bits per heavy atom. The van der Waals surface area contributed by atoms with Crippen LogP contribution in [0.3, 0.4) is 0 Å². The molecular weight excluding hydrogens is 228 g/mol. The SMILES string of the molecule is O=C(O)CCNC(=O)CNC(=O)c1ccco1. The topological polar surface area (TPSA) is 109 Å². The van der Waals surface area contributed by atoms with Gasteiger partial charge in [-0.05, 0) is 12.1 Å². The van der Waals surface area contributed by atoms with Crippen LogP contribution in [0.4, 0.5) is 0 Å². The number of carbonyl (C=O) groups is 3. The van der Waals surface area contributed by atoms with Crippen LogP contribution in [-0.2, 0) is 9.59 Å². The molecule has 0 atom stereocenters. The first kappa shape index (κ1) is 12.8. The lowest BCUT2D eigenvalue weighted by Gasteiger charge is -2.04. The van der Waals surface area contributed by atoms with Crippen molar-refractivity contribution < 1.29 is 23.9 Å². The lowest BCUT2D eigenvalue weighted by Crippen LogP contribution is -2.37. The van der Waals surface area contributed by atoms with Crippen LogP contribution in [0.5, 0.6) is 0 Å². The number of carboxylic acids is 1. The second-order valence-electron chi connectivity index (χ2n) is 3.15. The monoisotopic (exact) mass is 240 g/mol. The Bertz CT molecular complexity index is 399. The molecule has 0 spiro atoms. The summed E-state index contributed by atoms with van der Waals surface area (Å²) in [6.07, 6.45) is 1.19. The summed E-state index contributed by atoms with van der Waals surface area (Å²) in [5.74, 6) is -1.83. The summed E-state index contributed by atoms with van der Waals surface area (Å²) in [6, 6.07) is 3.03. The minimum absolute atomic E-state index is 0.0325. The molecule has 3 N–H and O–H groups in total. The maximum Gasteiger partial charge on any atom is 0.305 e. The fourth-order valence-electron chi connectivity index (χ4n) is 1.03. The molecule has 0 aromatic carbocycles. The van der Waals surface area contributed by atoms with E-state index in [-0.39, 0.29) is 25.3 Å². The molecule has 17 heavy (non-hydrogen) atoms. The first-order chi connectivity index (χ1) is 8.09. The van der Waals surface area contributed by atoms with E-state index in [4.69, 9.17) is 9.52 Å². The number of amides is 2. The van der Waals surface area contributed by atoms with Crippen molar-refractivity contribution in [3.8, 4) is 0 Å². The molecule has 1 rings (SSSR count). The number of aliphatic carboxylic acids is 1. The average Bonchev–Trinajstić information content (AvgIpc) is 2.78. The molecule has 0 aliphatic heterocycles. The van der Waals surface area contributed by atoms with Crippen LogP contribution < -0.4 is 10.6 Å². The second-order valence-corrected chi connectivity index (χ2v) is 3.15. The van der Waals surface area contributed by atoms with Gasteiger partial charge in [-0.2, -0.15) is 0 Å². The lowest BCUT2D eigenvalue weighted by atomic mass is 10.4. The average molecular weight is 240 g/mol. The summed E-state index contributed by atoms with van der Waals surface area (Å²) >= 11 is 0. The molecule has 92 valence electrons. The third-order valence-electron chi connectivity index (χ3n) is 1.82. The predicted molar refractivity (Wildman–Crippen MR) is 56.3 cm³/mol. The highest BCUT2D eigenvalue weighted by Crippen LogP contribution is 1.98. The molecule has 0 aliphatic rings. The fraction of sp³-hybridized carbons (Fsp3) is 0.300. The van der Waals surface area contributed by atoms with Crippen LogP contribution >= 0.6 is 0 Å².